The van der Waals surface area contributed by atoms with Gasteiger partial charge in [-0.1, -0.05) is 23.7 Å². The van der Waals surface area contributed by atoms with Crippen LogP contribution in [-0.4, -0.2) is 18.9 Å². The van der Waals surface area contributed by atoms with Crippen LogP contribution < -0.4 is 5.73 Å². The first-order valence-electron chi connectivity index (χ1n) is 8.33. The molecule has 2 heterocycles. The van der Waals surface area contributed by atoms with Crippen LogP contribution >= 0.6 is 22.9 Å². The van der Waals surface area contributed by atoms with Gasteiger partial charge in [0.05, 0.1) is 4.88 Å². The third kappa shape index (κ3) is 4.06. The summed E-state index contributed by atoms with van der Waals surface area (Å²) >= 11 is 7.62. The molecule has 1 fully saturated rings. The summed E-state index contributed by atoms with van der Waals surface area (Å²) in [5, 5.41) is 8.84. The van der Waals surface area contributed by atoms with Gasteiger partial charge in [-0.3, -0.25) is 0 Å². The Labute approximate surface area is 152 Å². The number of thiophene rings is 1. The van der Waals surface area contributed by atoms with Crippen molar-refractivity contribution in [1.82, 2.24) is 0 Å². The van der Waals surface area contributed by atoms with E-state index in [1.165, 1.54) is 6.42 Å². The van der Waals surface area contributed by atoms with Crippen LogP contribution in [0.3, 0.4) is 0 Å². The van der Waals surface area contributed by atoms with Gasteiger partial charge in [-0.15, -0.1) is 11.3 Å². The molecule has 0 radical (unpaired) electrons. The van der Waals surface area contributed by atoms with Gasteiger partial charge < -0.3 is 15.9 Å². The summed E-state index contributed by atoms with van der Waals surface area (Å²) in [5.41, 5.74) is 9.29. The first kappa shape index (κ1) is 17.6. The first-order chi connectivity index (χ1) is 11.5. The molecule has 1 aliphatic rings. The molecule has 24 heavy (non-hydrogen) atoms. The standard InChI is InChI=1S/C19H23ClN2OS/c1-12(21)19-16(17(22)9-13-3-2-8-23-11-13)10-18(24-19)14-4-6-15(20)7-5-14/h4-7,10,13,17,21H,2-3,8-9,11,22H2,1H3. The Balaban J connectivity index is 1.85. The molecular formula is C19H23ClN2OS. The lowest BCUT2D eigenvalue weighted by Gasteiger charge is -2.25. The maximum Gasteiger partial charge on any atom is 0.0529 e. The largest absolute Gasteiger partial charge is 0.381 e. The van der Waals surface area contributed by atoms with Gasteiger partial charge in [0, 0.05) is 34.9 Å². The third-order valence-corrected chi connectivity index (χ3v) is 6.04. The third-order valence-electron chi connectivity index (χ3n) is 4.47. The molecule has 128 valence electrons. The van der Waals surface area contributed by atoms with E-state index in [1.54, 1.807) is 11.3 Å². The average Bonchev–Trinajstić information content (AvgIpc) is 3.02. The predicted molar refractivity (Wildman–Crippen MR) is 102 cm³/mol. The van der Waals surface area contributed by atoms with Gasteiger partial charge >= 0.3 is 0 Å². The molecule has 1 aliphatic heterocycles. The quantitative estimate of drug-likeness (QED) is 0.711. The monoisotopic (exact) mass is 362 g/mol. The maximum absolute atomic E-state index is 8.11. The number of nitrogens with two attached hydrogens (primary N) is 1. The Morgan fingerprint density at radius 1 is 1.42 bits per heavy atom. The van der Waals surface area contributed by atoms with Crippen molar-refractivity contribution in [2.24, 2.45) is 11.7 Å². The minimum Gasteiger partial charge on any atom is -0.381 e. The van der Waals surface area contributed by atoms with E-state index in [4.69, 9.17) is 27.5 Å². The molecule has 3 rings (SSSR count). The van der Waals surface area contributed by atoms with Gasteiger partial charge in [0.2, 0.25) is 0 Å². The van der Waals surface area contributed by atoms with Crippen molar-refractivity contribution in [1.29, 1.82) is 5.41 Å². The van der Waals surface area contributed by atoms with Crippen LogP contribution in [0.2, 0.25) is 5.02 Å². The summed E-state index contributed by atoms with van der Waals surface area (Å²) in [5.74, 6) is 0.520. The second-order valence-electron chi connectivity index (χ2n) is 6.45. The van der Waals surface area contributed by atoms with E-state index in [0.717, 1.165) is 52.0 Å². The Morgan fingerprint density at radius 3 is 2.79 bits per heavy atom. The number of nitrogens with one attached hydrogen (secondary N) is 1. The van der Waals surface area contributed by atoms with E-state index in [2.05, 4.69) is 6.07 Å². The van der Waals surface area contributed by atoms with E-state index >= 15 is 0 Å². The number of hydrogen-bond acceptors (Lipinski definition) is 4. The second kappa shape index (κ2) is 7.79. The molecule has 0 amide bonds. The van der Waals surface area contributed by atoms with Crippen molar-refractivity contribution in [2.75, 3.05) is 13.2 Å². The van der Waals surface area contributed by atoms with Gasteiger partial charge in [-0.25, -0.2) is 0 Å². The van der Waals surface area contributed by atoms with Crippen LogP contribution in [0, 0.1) is 11.3 Å². The second-order valence-corrected chi connectivity index (χ2v) is 7.94. The molecule has 1 aromatic carbocycles. The number of halogens is 1. The SMILES string of the molecule is CC(=N)c1sc(-c2ccc(Cl)cc2)cc1C(N)CC1CCCOC1. The maximum atomic E-state index is 8.11. The zero-order chi connectivity index (χ0) is 17.1. The fourth-order valence-electron chi connectivity index (χ4n) is 3.21. The zero-order valence-corrected chi connectivity index (χ0v) is 15.4. The Bertz CT molecular complexity index is 705. The van der Waals surface area contributed by atoms with Gasteiger partial charge in [0.15, 0.2) is 0 Å². The highest BCUT2D eigenvalue weighted by Gasteiger charge is 2.22. The molecule has 1 saturated heterocycles. The smallest absolute Gasteiger partial charge is 0.0529 e. The van der Waals surface area contributed by atoms with Crippen molar-refractivity contribution in [2.45, 2.75) is 32.2 Å². The predicted octanol–water partition coefficient (Wildman–Crippen LogP) is 5.27. The van der Waals surface area contributed by atoms with Gasteiger partial charge in [-0.2, -0.15) is 0 Å². The fraction of sp³-hybridized carbons (Fsp3) is 0.421. The van der Waals surface area contributed by atoms with Crippen LogP contribution in [0.1, 0.15) is 42.7 Å². The molecule has 0 aliphatic carbocycles. The van der Waals surface area contributed by atoms with Gasteiger partial charge in [-0.05, 0) is 61.4 Å². The first-order valence-corrected chi connectivity index (χ1v) is 9.52. The Hall–Kier alpha value is -1.20. The van der Waals surface area contributed by atoms with Crippen LogP contribution in [0.25, 0.3) is 10.4 Å². The number of rotatable bonds is 5. The summed E-state index contributed by atoms with van der Waals surface area (Å²) in [4.78, 5) is 2.13. The topological polar surface area (TPSA) is 59.1 Å². The number of benzene rings is 1. The fourth-order valence-corrected chi connectivity index (χ4v) is 4.48. The van der Waals surface area contributed by atoms with Gasteiger partial charge in [0.25, 0.3) is 0 Å². The normalized spacial score (nSPS) is 19.2. The summed E-state index contributed by atoms with van der Waals surface area (Å²) < 4.78 is 5.57. The molecule has 2 atom stereocenters. The van der Waals surface area contributed by atoms with Crippen LogP contribution in [0.15, 0.2) is 30.3 Å². The van der Waals surface area contributed by atoms with E-state index in [0.29, 0.717) is 11.6 Å². The van der Waals surface area contributed by atoms with Crippen molar-refractivity contribution >= 4 is 28.6 Å². The van der Waals surface area contributed by atoms with Gasteiger partial charge in [0.1, 0.15) is 0 Å². The zero-order valence-electron chi connectivity index (χ0n) is 13.8. The molecule has 5 heteroatoms. The Morgan fingerprint density at radius 2 is 2.17 bits per heavy atom. The lowest BCUT2D eigenvalue weighted by atomic mass is 9.91. The van der Waals surface area contributed by atoms with Crippen molar-refractivity contribution < 1.29 is 4.74 Å². The molecule has 0 bridgehead atoms. The highest BCUT2D eigenvalue weighted by Crippen LogP contribution is 2.37. The molecule has 2 aromatic rings. The van der Waals surface area contributed by atoms with Crippen molar-refractivity contribution in [3.63, 3.8) is 0 Å². The van der Waals surface area contributed by atoms with Crippen LogP contribution in [0.5, 0.6) is 0 Å². The average molecular weight is 363 g/mol. The highest BCUT2D eigenvalue weighted by molar-refractivity contribution is 7.17. The molecule has 0 spiro atoms. The number of ether oxygens (including phenoxy) is 1. The minimum atomic E-state index is -0.0516. The summed E-state index contributed by atoms with van der Waals surface area (Å²) in [6, 6.07) is 9.92. The molecule has 3 nitrogen and oxygen atoms in total. The van der Waals surface area contributed by atoms with Crippen molar-refractivity contribution in [3.8, 4) is 10.4 Å². The van der Waals surface area contributed by atoms with E-state index in [-0.39, 0.29) is 6.04 Å². The molecular weight excluding hydrogens is 340 g/mol. The summed E-state index contributed by atoms with van der Waals surface area (Å²) in [7, 11) is 0. The lowest BCUT2D eigenvalue weighted by molar-refractivity contribution is 0.0491. The van der Waals surface area contributed by atoms with E-state index in [1.807, 2.05) is 31.2 Å². The van der Waals surface area contributed by atoms with E-state index < -0.39 is 0 Å². The molecule has 1 aromatic heterocycles. The Kier molecular flexibility index (Phi) is 5.72. The molecule has 3 N–H and O–H groups in total. The number of hydrogen-bond donors (Lipinski definition) is 2. The highest BCUT2D eigenvalue weighted by atomic mass is 35.5. The molecule has 0 saturated carbocycles. The molecule has 2 unspecified atom stereocenters. The minimum absolute atomic E-state index is 0.0516. The lowest BCUT2D eigenvalue weighted by Crippen LogP contribution is -2.23. The summed E-state index contributed by atoms with van der Waals surface area (Å²) in [6.07, 6.45) is 3.21. The van der Waals surface area contributed by atoms with Crippen LogP contribution in [0.4, 0.5) is 0 Å². The van der Waals surface area contributed by atoms with E-state index in [9.17, 15) is 0 Å². The van der Waals surface area contributed by atoms with Crippen LogP contribution in [-0.2, 0) is 4.74 Å². The van der Waals surface area contributed by atoms with Crippen molar-refractivity contribution in [3.05, 3.63) is 45.8 Å². The summed E-state index contributed by atoms with van der Waals surface area (Å²) in [6.45, 7) is 3.51.